The summed E-state index contributed by atoms with van der Waals surface area (Å²) in [4.78, 5) is 16.7. The Morgan fingerprint density at radius 1 is 1.17 bits per heavy atom. The van der Waals surface area contributed by atoms with E-state index in [2.05, 4.69) is 25.5 Å². The monoisotopic (exact) mass is 504 g/mol. The quantitative estimate of drug-likeness (QED) is 0.275. The summed E-state index contributed by atoms with van der Waals surface area (Å²) in [7, 11) is -3.91. The molecule has 1 atom stereocenters. The molecular formula is C23H29FN6O4S. The number of benzene rings is 2. The van der Waals surface area contributed by atoms with Crippen molar-refractivity contribution in [3.63, 3.8) is 0 Å². The Bertz CT molecular complexity index is 1240. The number of sulfonamides is 1. The van der Waals surface area contributed by atoms with E-state index in [0.717, 1.165) is 0 Å². The van der Waals surface area contributed by atoms with E-state index < -0.39 is 28.0 Å². The van der Waals surface area contributed by atoms with Gasteiger partial charge in [0.05, 0.1) is 22.5 Å². The van der Waals surface area contributed by atoms with Crippen LogP contribution in [0.5, 0.6) is 0 Å². The summed E-state index contributed by atoms with van der Waals surface area (Å²) in [5.41, 5.74) is 5.47. The van der Waals surface area contributed by atoms with Crippen LogP contribution in [0.1, 0.15) is 26.2 Å². The predicted octanol–water partition coefficient (Wildman–Crippen LogP) is 2.91. The zero-order valence-electron chi connectivity index (χ0n) is 19.5. The Labute approximate surface area is 203 Å². The van der Waals surface area contributed by atoms with Crippen molar-refractivity contribution in [2.75, 3.05) is 29.8 Å². The van der Waals surface area contributed by atoms with Crippen LogP contribution in [0, 0.1) is 5.41 Å². The molecule has 3 aromatic rings. The van der Waals surface area contributed by atoms with Crippen molar-refractivity contribution in [3.8, 4) is 11.4 Å². The van der Waals surface area contributed by atoms with Gasteiger partial charge in [0, 0.05) is 24.3 Å². The Balaban J connectivity index is 1.69. The summed E-state index contributed by atoms with van der Waals surface area (Å²) in [6, 6.07) is 12.2. The highest BCUT2D eigenvalue weighted by atomic mass is 32.2. The smallest absolute Gasteiger partial charge is 0.261 e. The van der Waals surface area contributed by atoms with Crippen molar-refractivity contribution >= 4 is 27.3 Å². The number of amides is 1. The first-order valence-electron chi connectivity index (χ1n) is 11.0. The number of aromatic nitrogens is 2. The first-order valence-corrected chi connectivity index (χ1v) is 12.5. The molecule has 1 aromatic heterocycles. The standard InChI is InChI=1S/C23H29FN6O4S/c1-3-23(2,15-24)22(31)27-17-5-4-6-18(13-17)30-35(32,33)19-9-7-16(8-10-19)21-28-20(34-29-21)14-26-12-11-25/h4-10,13,26,30H,3,11-12,14-15,25H2,1-2H3,(H,27,31). The fourth-order valence-corrected chi connectivity index (χ4v) is 4.05. The van der Waals surface area contributed by atoms with Crippen LogP contribution in [0.25, 0.3) is 11.4 Å². The van der Waals surface area contributed by atoms with E-state index in [1.54, 1.807) is 37.3 Å². The highest BCUT2D eigenvalue weighted by Crippen LogP contribution is 2.26. The molecule has 0 saturated carbocycles. The van der Waals surface area contributed by atoms with Gasteiger partial charge >= 0.3 is 0 Å². The number of carbonyl (C=O) groups excluding carboxylic acids is 1. The first kappa shape index (κ1) is 26.3. The lowest BCUT2D eigenvalue weighted by Gasteiger charge is -2.23. The molecule has 3 rings (SSSR count). The highest BCUT2D eigenvalue weighted by molar-refractivity contribution is 7.92. The van der Waals surface area contributed by atoms with E-state index in [0.29, 0.717) is 49.0 Å². The lowest BCUT2D eigenvalue weighted by atomic mass is 9.88. The molecule has 1 heterocycles. The maximum atomic E-state index is 13.3. The predicted molar refractivity (Wildman–Crippen MR) is 131 cm³/mol. The molecule has 0 aliphatic rings. The van der Waals surface area contributed by atoms with Gasteiger partial charge in [-0.1, -0.05) is 18.1 Å². The molecule has 2 aromatic carbocycles. The van der Waals surface area contributed by atoms with Gasteiger partial charge in [-0.25, -0.2) is 12.8 Å². The molecule has 0 fully saturated rings. The SMILES string of the molecule is CCC(C)(CF)C(=O)Nc1cccc(NS(=O)(=O)c2ccc(-c3noc(CNCCN)n3)cc2)c1. The van der Waals surface area contributed by atoms with E-state index in [-0.39, 0.29) is 10.6 Å². The Kier molecular flexibility index (Phi) is 8.54. The Morgan fingerprint density at radius 2 is 1.89 bits per heavy atom. The van der Waals surface area contributed by atoms with Crippen LogP contribution in [-0.2, 0) is 21.4 Å². The van der Waals surface area contributed by atoms with Crippen LogP contribution < -0.4 is 21.1 Å². The van der Waals surface area contributed by atoms with Gasteiger partial charge in [-0.15, -0.1) is 0 Å². The van der Waals surface area contributed by atoms with E-state index in [1.807, 2.05) is 0 Å². The summed E-state index contributed by atoms with van der Waals surface area (Å²) >= 11 is 0. The maximum absolute atomic E-state index is 13.3. The topological polar surface area (TPSA) is 152 Å². The lowest BCUT2D eigenvalue weighted by Crippen LogP contribution is -2.34. The minimum Gasteiger partial charge on any atom is -0.338 e. The van der Waals surface area contributed by atoms with Crippen molar-refractivity contribution in [3.05, 3.63) is 54.4 Å². The number of anilines is 2. The second kappa shape index (κ2) is 11.4. The average molecular weight is 505 g/mol. The number of rotatable bonds is 12. The molecule has 10 nitrogen and oxygen atoms in total. The normalized spacial score (nSPS) is 13.3. The van der Waals surface area contributed by atoms with Gasteiger partial charge in [0.15, 0.2) is 0 Å². The van der Waals surface area contributed by atoms with Gasteiger partial charge in [0.2, 0.25) is 17.6 Å². The second-order valence-corrected chi connectivity index (χ2v) is 9.87. The van der Waals surface area contributed by atoms with Crippen LogP contribution in [0.15, 0.2) is 57.9 Å². The molecule has 0 aliphatic heterocycles. The van der Waals surface area contributed by atoms with E-state index in [4.69, 9.17) is 10.3 Å². The van der Waals surface area contributed by atoms with Crippen LogP contribution >= 0.6 is 0 Å². The van der Waals surface area contributed by atoms with Crippen molar-refractivity contribution < 1.29 is 22.1 Å². The lowest BCUT2D eigenvalue weighted by molar-refractivity contribution is -0.125. The van der Waals surface area contributed by atoms with Crippen molar-refractivity contribution in [1.29, 1.82) is 0 Å². The summed E-state index contributed by atoms with van der Waals surface area (Å²) < 4.78 is 46.7. The molecule has 0 radical (unpaired) electrons. The number of nitrogens with one attached hydrogen (secondary N) is 3. The summed E-state index contributed by atoms with van der Waals surface area (Å²) in [6.45, 7) is 3.95. The van der Waals surface area contributed by atoms with E-state index in [9.17, 15) is 17.6 Å². The fraction of sp³-hybridized carbons (Fsp3) is 0.348. The number of hydrogen-bond acceptors (Lipinski definition) is 8. The van der Waals surface area contributed by atoms with Crippen LogP contribution in [0.3, 0.4) is 0 Å². The zero-order valence-corrected chi connectivity index (χ0v) is 20.4. The van der Waals surface area contributed by atoms with Crippen molar-refractivity contribution in [2.24, 2.45) is 11.1 Å². The molecule has 1 unspecified atom stereocenters. The second-order valence-electron chi connectivity index (χ2n) is 8.19. The van der Waals surface area contributed by atoms with E-state index in [1.165, 1.54) is 25.1 Å². The minimum absolute atomic E-state index is 0.0278. The third-order valence-electron chi connectivity index (χ3n) is 5.48. The van der Waals surface area contributed by atoms with Crippen molar-refractivity contribution in [2.45, 2.75) is 31.7 Å². The molecular weight excluding hydrogens is 475 g/mol. The molecule has 1 amide bonds. The molecule has 0 spiro atoms. The van der Waals surface area contributed by atoms with Gasteiger partial charge in [0.1, 0.15) is 6.67 Å². The molecule has 188 valence electrons. The Hall–Kier alpha value is -3.35. The number of carbonyl (C=O) groups is 1. The van der Waals surface area contributed by atoms with E-state index >= 15 is 0 Å². The molecule has 0 saturated heterocycles. The third kappa shape index (κ3) is 6.62. The molecule has 5 N–H and O–H groups in total. The Morgan fingerprint density at radius 3 is 2.54 bits per heavy atom. The number of nitrogens with zero attached hydrogens (tertiary/aromatic N) is 2. The minimum atomic E-state index is -3.91. The number of nitrogens with two attached hydrogens (primary N) is 1. The maximum Gasteiger partial charge on any atom is 0.261 e. The molecule has 0 aliphatic carbocycles. The largest absolute Gasteiger partial charge is 0.338 e. The molecule has 12 heteroatoms. The highest BCUT2D eigenvalue weighted by Gasteiger charge is 2.31. The summed E-state index contributed by atoms with van der Waals surface area (Å²) in [5, 5.41) is 9.60. The van der Waals surface area contributed by atoms with Crippen LogP contribution in [-0.4, -0.2) is 44.2 Å². The van der Waals surface area contributed by atoms with Gasteiger partial charge in [-0.2, -0.15) is 4.98 Å². The van der Waals surface area contributed by atoms with Gasteiger partial charge in [-0.05, 0) is 55.8 Å². The number of alkyl halides is 1. The van der Waals surface area contributed by atoms with Crippen LogP contribution in [0.2, 0.25) is 0 Å². The average Bonchev–Trinajstić information content (AvgIpc) is 3.32. The number of hydrogen-bond donors (Lipinski definition) is 4. The summed E-state index contributed by atoms with van der Waals surface area (Å²) in [5.74, 6) is 0.254. The first-order chi connectivity index (χ1) is 16.7. The third-order valence-corrected chi connectivity index (χ3v) is 6.88. The van der Waals surface area contributed by atoms with Gasteiger partial charge in [-0.3, -0.25) is 9.52 Å². The van der Waals surface area contributed by atoms with Gasteiger partial charge < -0.3 is 20.9 Å². The number of halogens is 1. The molecule has 35 heavy (non-hydrogen) atoms. The van der Waals surface area contributed by atoms with Gasteiger partial charge in [0.25, 0.3) is 10.0 Å². The zero-order chi connectivity index (χ0) is 25.5. The molecule has 0 bridgehead atoms. The van der Waals surface area contributed by atoms with Crippen molar-refractivity contribution in [1.82, 2.24) is 15.5 Å². The van der Waals surface area contributed by atoms with Crippen LogP contribution in [0.4, 0.5) is 15.8 Å². The fourth-order valence-electron chi connectivity index (χ4n) is 3.00. The summed E-state index contributed by atoms with van der Waals surface area (Å²) in [6.07, 6.45) is 0.327.